The molecule has 9 aromatic carbocycles. The van der Waals surface area contributed by atoms with Crippen molar-refractivity contribution in [2.75, 3.05) is 4.90 Å². The molecule has 0 radical (unpaired) electrons. The average molecular weight is 740 g/mol. The Morgan fingerprint density at radius 3 is 1.50 bits per heavy atom. The molecule has 3 heteroatoms. The fourth-order valence-electron chi connectivity index (χ4n) is 8.60. The first kappa shape index (κ1) is 33.6. The molecule has 2 aromatic heterocycles. The number of benzene rings is 9. The van der Waals surface area contributed by atoms with E-state index in [1.807, 2.05) is 0 Å². The Hall–Kier alpha value is -7.75. The third kappa shape index (κ3) is 5.80. The van der Waals surface area contributed by atoms with Crippen LogP contribution in [0.25, 0.3) is 82.7 Å². The highest BCUT2D eigenvalue weighted by molar-refractivity contribution is 6.20. The molecule has 0 N–H and O–H groups in total. The monoisotopic (exact) mass is 739 g/mol. The molecule has 2 heterocycles. The summed E-state index contributed by atoms with van der Waals surface area (Å²) in [7, 11) is 0. The summed E-state index contributed by atoms with van der Waals surface area (Å²) in [6.07, 6.45) is 0. The predicted molar refractivity (Wildman–Crippen MR) is 245 cm³/mol. The predicted octanol–water partition coefficient (Wildman–Crippen LogP) is 15.0. The van der Waals surface area contributed by atoms with Crippen LogP contribution in [0.1, 0.15) is 0 Å². The molecule has 0 aliphatic carbocycles. The lowest BCUT2D eigenvalue weighted by Crippen LogP contribution is -2.10. The summed E-state index contributed by atoms with van der Waals surface area (Å²) in [5, 5.41) is 5.89. The minimum absolute atomic E-state index is 0.966. The third-order valence-electron chi connectivity index (χ3n) is 11.4. The normalized spacial score (nSPS) is 11.4. The van der Waals surface area contributed by atoms with Gasteiger partial charge in [-0.25, -0.2) is 4.98 Å². The van der Waals surface area contributed by atoms with Gasteiger partial charge in [0, 0.05) is 49.9 Å². The molecule has 3 nitrogen and oxygen atoms in total. The van der Waals surface area contributed by atoms with Gasteiger partial charge in [0.25, 0.3) is 0 Å². The maximum absolute atomic E-state index is 5.44. The van der Waals surface area contributed by atoms with Gasteiger partial charge in [-0.05, 0) is 100 Å². The molecule has 0 atom stereocenters. The Labute approximate surface area is 337 Å². The van der Waals surface area contributed by atoms with Crippen molar-refractivity contribution in [2.24, 2.45) is 0 Å². The molecule has 0 saturated heterocycles. The number of nitrogens with zero attached hydrogens (tertiary/aromatic N) is 3. The van der Waals surface area contributed by atoms with Crippen LogP contribution in [0, 0.1) is 0 Å². The Kier molecular flexibility index (Phi) is 8.15. The highest BCUT2D eigenvalue weighted by Crippen LogP contribution is 2.42. The van der Waals surface area contributed by atoms with E-state index in [0.29, 0.717) is 0 Å². The molecular weight excluding hydrogens is 703 g/mol. The zero-order valence-electron chi connectivity index (χ0n) is 31.7. The SMILES string of the molecule is c1ccc(-c2ccc(N(c3ccc(-c4ccccc4)cc3)c3cccc(-c4nc5ccccc5c5cc6c(cc45)c4ccccc4n6-c4ccccc4)c3)cc2)cc1. The molecule has 58 heavy (non-hydrogen) atoms. The largest absolute Gasteiger partial charge is 0.310 e. The third-order valence-corrected chi connectivity index (χ3v) is 11.4. The quantitative estimate of drug-likeness (QED) is 0.152. The number of rotatable bonds is 7. The van der Waals surface area contributed by atoms with Gasteiger partial charge in [0.2, 0.25) is 0 Å². The molecular formula is C55H37N3. The van der Waals surface area contributed by atoms with Crippen LogP contribution in [0.5, 0.6) is 0 Å². The van der Waals surface area contributed by atoms with Crippen molar-refractivity contribution in [3.05, 3.63) is 224 Å². The van der Waals surface area contributed by atoms with E-state index in [0.717, 1.165) is 50.3 Å². The molecule has 0 amide bonds. The minimum Gasteiger partial charge on any atom is -0.310 e. The smallest absolute Gasteiger partial charge is 0.0789 e. The van der Waals surface area contributed by atoms with Crippen LogP contribution in [0.15, 0.2) is 224 Å². The summed E-state index contributed by atoms with van der Waals surface area (Å²) in [6, 6.07) is 80.4. The van der Waals surface area contributed by atoms with E-state index in [1.54, 1.807) is 0 Å². The second-order valence-corrected chi connectivity index (χ2v) is 14.8. The van der Waals surface area contributed by atoms with Crippen LogP contribution in [0.2, 0.25) is 0 Å². The fourth-order valence-corrected chi connectivity index (χ4v) is 8.60. The molecule has 0 spiro atoms. The van der Waals surface area contributed by atoms with E-state index in [9.17, 15) is 0 Å². The van der Waals surface area contributed by atoms with E-state index in [4.69, 9.17) is 4.98 Å². The maximum Gasteiger partial charge on any atom is 0.0789 e. The summed E-state index contributed by atoms with van der Waals surface area (Å²) in [5.41, 5.74) is 14.5. The minimum atomic E-state index is 0.966. The molecule has 272 valence electrons. The van der Waals surface area contributed by atoms with E-state index in [-0.39, 0.29) is 0 Å². The Morgan fingerprint density at radius 2 is 0.845 bits per heavy atom. The first-order valence-corrected chi connectivity index (χ1v) is 19.8. The lowest BCUT2D eigenvalue weighted by Gasteiger charge is -2.26. The van der Waals surface area contributed by atoms with E-state index in [1.165, 1.54) is 49.4 Å². The van der Waals surface area contributed by atoms with E-state index >= 15 is 0 Å². The molecule has 11 aromatic rings. The second kappa shape index (κ2) is 14.1. The van der Waals surface area contributed by atoms with Crippen molar-refractivity contribution in [3.63, 3.8) is 0 Å². The summed E-state index contributed by atoms with van der Waals surface area (Å²) in [4.78, 5) is 7.79. The van der Waals surface area contributed by atoms with Crippen molar-refractivity contribution in [2.45, 2.75) is 0 Å². The van der Waals surface area contributed by atoms with Gasteiger partial charge in [-0.15, -0.1) is 0 Å². The first-order valence-electron chi connectivity index (χ1n) is 19.8. The summed E-state index contributed by atoms with van der Waals surface area (Å²) < 4.78 is 2.39. The zero-order chi connectivity index (χ0) is 38.4. The van der Waals surface area contributed by atoms with Gasteiger partial charge in [0.15, 0.2) is 0 Å². The molecule has 0 bridgehead atoms. The Morgan fingerprint density at radius 1 is 0.310 bits per heavy atom. The maximum atomic E-state index is 5.44. The van der Waals surface area contributed by atoms with Gasteiger partial charge in [-0.3, -0.25) is 0 Å². The lowest BCUT2D eigenvalue weighted by molar-refractivity contribution is 1.18. The number of hydrogen-bond acceptors (Lipinski definition) is 2. The van der Waals surface area contributed by atoms with Gasteiger partial charge in [-0.2, -0.15) is 0 Å². The summed E-state index contributed by atoms with van der Waals surface area (Å²) >= 11 is 0. The van der Waals surface area contributed by atoms with E-state index in [2.05, 4.69) is 234 Å². The van der Waals surface area contributed by atoms with Crippen LogP contribution in [-0.2, 0) is 0 Å². The Bertz CT molecular complexity index is 3160. The molecule has 0 saturated carbocycles. The van der Waals surface area contributed by atoms with Crippen LogP contribution >= 0.6 is 0 Å². The first-order chi connectivity index (χ1) is 28.8. The fraction of sp³-hybridized carbons (Fsp3) is 0. The standard InChI is InChI=1S/C55H37N3/c1-4-15-38(16-5-1)40-27-31-44(32-28-40)57(45-33-29-41(30-34-45)39-17-6-2-7-18-39)46-22-14-19-42(35-46)55-51-36-50-48-24-11-13-26-53(48)58(43-20-8-3-9-21-43)54(50)37-49(51)47-23-10-12-25-52(47)56-55/h1-37H. The van der Waals surface area contributed by atoms with Crippen molar-refractivity contribution in [1.29, 1.82) is 0 Å². The van der Waals surface area contributed by atoms with Crippen molar-refractivity contribution in [3.8, 4) is 39.2 Å². The average Bonchev–Trinajstić information content (AvgIpc) is 3.63. The number of hydrogen-bond donors (Lipinski definition) is 0. The Balaban J connectivity index is 1.11. The molecule has 0 unspecified atom stereocenters. The summed E-state index contributed by atoms with van der Waals surface area (Å²) in [5.74, 6) is 0. The van der Waals surface area contributed by atoms with Crippen LogP contribution < -0.4 is 4.90 Å². The number of aromatic nitrogens is 2. The van der Waals surface area contributed by atoms with Crippen LogP contribution in [-0.4, -0.2) is 9.55 Å². The number of para-hydroxylation sites is 3. The number of anilines is 3. The second-order valence-electron chi connectivity index (χ2n) is 14.8. The van der Waals surface area contributed by atoms with Crippen LogP contribution in [0.4, 0.5) is 17.1 Å². The highest BCUT2D eigenvalue weighted by Gasteiger charge is 2.19. The summed E-state index contributed by atoms with van der Waals surface area (Å²) in [6.45, 7) is 0. The number of fused-ring (bicyclic) bond motifs is 6. The topological polar surface area (TPSA) is 21.1 Å². The molecule has 0 aliphatic heterocycles. The van der Waals surface area contributed by atoms with E-state index < -0.39 is 0 Å². The van der Waals surface area contributed by atoms with Crippen LogP contribution in [0.3, 0.4) is 0 Å². The van der Waals surface area contributed by atoms with Crippen molar-refractivity contribution >= 4 is 60.5 Å². The highest BCUT2D eigenvalue weighted by atomic mass is 15.1. The van der Waals surface area contributed by atoms with Crippen molar-refractivity contribution in [1.82, 2.24) is 9.55 Å². The zero-order valence-corrected chi connectivity index (χ0v) is 31.7. The molecule has 11 rings (SSSR count). The molecule has 0 fully saturated rings. The van der Waals surface area contributed by atoms with Crippen molar-refractivity contribution < 1.29 is 0 Å². The number of pyridine rings is 1. The van der Waals surface area contributed by atoms with Gasteiger partial charge in [0.05, 0.1) is 22.2 Å². The molecule has 0 aliphatic rings. The lowest BCUT2D eigenvalue weighted by atomic mass is 9.97. The van der Waals surface area contributed by atoms with Gasteiger partial charge in [0.1, 0.15) is 0 Å². The van der Waals surface area contributed by atoms with Gasteiger partial charge in [-0.1, -0.05) is 152 Å². The van der Waals surface area contributed by atoms with Gasteiger partial charge >= 0.3 is 0 Å². The van der Waals surface area contributed by atoms with Gasteiger partial charge < -0.3 is 9.47 Å².